The van der Waals surface area contributed by atoms with Crippen LogP contribution in [0.2, 0.25) is 0 Å². The molecule has 0 spiro atoms. The molecule has 0 aliphatic carbocycles. The number of methoxy groups -OCH3 is 1. The summed E-state index contributed by atoms with van der Waals surface area (Å²) in [6, 6.07) is 16.4. The minimum absolute atomic E-state index is 0.0287. The van der Waals surface area contributed by atoms with Gasteiger partial charge in [-0.3, -0.25) is 4.79 Å². The maximum Gasteiger partial charge on any atom is 0.346 e. The van der Waals surface area contributed by atoms with E-state index < -0.39 is 11.5 Å². The van der Waals surface area contributed by atoms with E-state index in [1.807, 2.05) is 30.3 Å². The molecule has 10 heteroatoms. The summed E-state index contributed by atoms with van der Waals surface area (Å²) < 4.78 is 16.7. The number of ether oxygens (including phenoxy) is 2. The van der Waals surface area contributed by atoms with E-state index in [9.17, 15) is 9.59 Å². The lowest BCUT2D eigenvalue weighted by Gasteiger charge is -2.01. The number of esters is 1. The van der Waals surface area contributed by atoms with Crippen molar-refractivity contribution in [2.45, 2.75) is 6.92 Å². The van der Waals surface area contributed by atoms with Gasteiger partial charge in [0.05, 0.1) is 18.2 Å². The summed E-state index contributed by atoms with van der Waals surface area (Å²) in [5.41, 5.74) is 1.03. The first-order valence-electron chi connectivity index (χ1n) is 10.5. The molecule has 0 unspecified atom stereocenters. The molecule has 0 aliphatic rings. The normalized spacial score (nSPS) is 13.0. The molecule has 0 saturated heterocycles. The van der Waals surface area contributed by atoms with Crippen LogP contribution in [0.25, 0.3) is 28.1 Å². The van der Waals surface area contributed by atoms with Gasteiger partial charge in [0.15, 0.2) is 5.57 Å². The highest BCUT2D eigenvalue weighted by molar-refractivity contribution is 7.07. The zero-order valence-electron chi connectivity index (χ0n) is 18.8. The second kappa shape index (κ2) is 11.0. The molecule has 2 aromatic carbocycles. The van der Waals surface area contributed by atoms with Gasteiger partial charge < -0.3 is 18.9 Å². The smallest absolute Gasteiger partial charge is 0.346 e. The molecule has 4 aromatic rings. The summed E-state index contributed by atoms with van der Waals surface area (Å²) in [7, 11) is 1.57. The predicted molar refractivity (Wildman–Crippen MR) is 134 cm³/mol. The fourth-order valence-electron chi connectivity index (χ4n) is 3.07. The average molecular weight is 510 g/mol. The predicted octanol–water partition coefficient (Wildman–Crippen LogP) is 3.32. The summed E-state index contributed by atoms with van der Waals surface area (Å²) in [4.78, 5) is 28.1. The molecule has 0 amide bonds. The summed E-state index contributed by atoms with van der Waals surface area (Å²) in [5, 5.41) is 8.54. The van der Waals surface area contributed by atoms with Gasteiger partial charge in [0, 0.05) is 10.6 Å². The monoisotopic (exact) mass is 509 g/mol. The SMILES string of the molecule is CCOC(=O)C(c1nnc(-c2ccc(OC)cc2)o1)=c1[nH]c(=O)c(=CC=C(Cl)c2ccccc2)s1. The summed E-state index contributed by atoms with van der Waals surface area (Å²) in [5.74, 6) is 0.108. The number of carbonyl (C=O) groups excluding carboxylic acids is 1. The fourth-order valence-corrected chi connectivity index (χ4v) is 4.17. The highest BCUT2D eigenvalue weighted by Gasteiger charge is 2.23. The van der Waals surface area contributed by atoms with Crippen LogP contribution in [0.15, 0.2) is 69.9 Å². The van der Waals surface area contributed by atoms with Crippen molar-refractivity contribution < 1.29 is 18.7 Å². The molecule has 35 heavy (non-hydrogen) atoms. The molecular weight excluding hydrogens is 490 g/mol. The van der Waals surface area contributed by atoms with Gasteiger partial charge in [-0.1, -0.05) is 41.9 Å². The number of nitrogens with zero attached hydrogens (tertiary/aromatic N) is 2. The van der Waals surface area contributed by atoms with Gasteiger partial charge in [-0.05, 0) is 48.9 Å². The van der Waals surface area contributed by atoms with Gasteiger partial charge in [-0.15, -0.1) is 21.5 Å². The average Bonchev–Trinajstić information content (AvgIpc) is 3.50. The lowest BCUT2D eigenvalue weighted by Crippen LogP contribution is -2.21. The molecule has 178 valence electrons. The van der Waals surface area contributed by atoms with Crippen molar-refractivity contribution >= 4 is 45.6 Å². The third kappa shape index (κ3) is 5.59. The molecule has 8 nitrogen and oxygen atoms in total. The van der Waals surface area contributed by atoms with E-state index in [4.69, 9.17) is 25.5 Å². The molecule has 0 radical (unpaired) electrons. The Bertz CT molecular complexity index is 1540. The summed E-state index contributed by atoms with van der Waals surface area (Å²) in [6.45, 7) is 1.81. The van der Waals surface area contributed by atoms with Gasteiger partial charge in [-0.25, -0.2) is 4.79 Å². The second-order valence-electron chi connectivity index (χ2n) is 7.03. The maximum absolute atomic E-state index is 12.8. The van der Waals surface area contributed by atoms with E-state index >= 15 is 0 Å². The van der Waals surface area contributed by atoms with Gasteiger partial charge in [0.2, 0.25) is 5.89 Å². The number of H-pyrrole nitrogens is 1. The quantitative estimate of drug-likeness (QED) is 0.381. The number of nitrogens with one attached hydrogen (secondary N) is 1. The van der Waals surface area contributed by atoms with Crippen LogP contribution in [0.4, 0.5) is 0 Å². The first kappa shape index (κ1) is 24.2. The summed E-state index contributed by atoms with van der Waals surface area (Å²) >= 11 is 7.40. The number of hydrogen-bond acceptors (Lipinski definition) is 8. The first-order valence-corrected chi connectivity index (χ1v) is 11.7. The Labute approximate surface area is 208 Å². The van der Waals surface area contributed by atoms with Crippen molar-refractivity contribution in [3.05, 3.63) is 91.7 Å². The number of aromatic nitrogens is 3. The molecule has 2 aromatic heterocycles. The third-order valence-electron chi connectivity index (χ3n) is 4.78. The number of hydrogen-bond donors (Lipinski definition) is 1. The Morgan fingerprint density at radius 3 is 2.57 bits per heavy atom. The Balaban J connectivity index is 1.78. The summed E-state index contributed by atoms with van der Waals surface area (Å²) in [6.07, 6.45) is 3.21. The van der Waals surface area contributed by atoms with Crippen LogP contribution in [0.5, 0.6) is 5.75 Å². The number of thiazole rings is 1. The number of aromatic amines is 1. The molecule has 1 N–H and O–H groups in total. The van der Waals surface area contributed by atoms with Crippen LogP contribution in [-0.2, 0) is 9.53 Å². The highest BCUT2D eigenvalue weighted by atomic mass is 35.5. The van der Waals surface area contributed by atoms with Gasteiger partial charge in [0.1, 0.15) is 10.4 Å². The molecular formula is C25H20ClN3O5S. The van der Waals surface area contributed by atoms with Crippen molar-refractivity contribution in [2.75, 3.05) is 13.7 Å². The minimum Gasteiger partial charge on any atom is -0.497 e. The zero-order valence-corrected chi connectivity index (χ0v) is 20.4. The van der Waals surface area contributed by atoms with E-state index in [-0.39, 0.29) is 28.6 Å². The van der Waals surface area contributed by atoms with Gasteiger partial charge in [0.25, 0.3) is 11.4 Å². The second-order valence-corrected chi connectivity index (χ2v) is 8.49. The van der Waals surface area contributed by atoms with Gasteiger partial charge in [-0.2, -0.15) is 0 Å². The molecule has 0 saturated carbocycles. The molecule has 2 heterocycles. The molecule has 0 aliphatic heterocycles. The Hall–Kier alpha value is -3.95. The van der Waals surface area contributed by atoms with E-state index in [2.05, 4.69) is 15.2 Å². The topological polar surface area (TPSA) is 107 Å². The largest absolute Gasteiger partial charge is 0.497 e. The Morgan fingerprint density at radius 2 is 1.89 bits per heavy atom. The van der Waals surface area contributed by atoms with Crippen LogP contribution in [0.3, 0.4) is 0 Å². The van der Waals surface area contributed by atoms with Crippen molar-refractivity contribution in [3.63, 3.8) is 0 Å². The number of rotatable bonds is 7. The van der Waals surface area contributed by atoms with Crippen LogP contribution < -0.4 is 19.5 Å². The van der Waals surface area contributed by atoms with E-state index in [0.29, 0.717) is 20.9 Å². The van der Waals surface area contributed by atoms with Crippen LogP contribution >= 0.6 is 22.9 Å². The lowest BCUT2D eigenvalue weighted by atomic mass is 10.2. The fraction of sp³-hybridized carbons (Fsp3) is 0.120. The van der Waals surface area contributed by atoms with Crippen molar-refractivity contribution in [1.82, 2.24) is 15.2 Å². The van der Waals surface area contributed by atoms with E-state index in [0.717, 1.165) is 16.9 Å². The highest BCUT2D eigenvalue weighted by Crippen LogP contribution is 2.23. The Kier molecular flexibility index (Phi) is 7.59. The molecule has 0 fully saturated rings. The van der Waals surface area contributed by atoms with E-state index in [1.54, 1.807) is 50.5 Å². The molecule has 4 rings (SSSR count). The number of halogens is 1. The standard InChI is InChI=1S/C25H20ClN3O5S/c1-3-33-25(31)20(23-29-28-22(34-23)16-9-11-17(32-2)12-10-16)24-27-21(30)19(35-24)14-13-18(26)15-7-5-4-6-8-15/h4-14H,3H2,1-2H3,(H,27,30). The minimum atomic E-state index is -0.695. The van der Waals surface area contributed by atoms with Crippen molar-refractivity contribution in [1.29, 1.82) is 0 Å². The van der Waals surface area contributed by atoms with Crippen LogP contribution in [-0.4, -0.2) is 34.9 Å². The van der Waals surface area contributed by atoms with Crippen molar-refractivity contribution in [2.24, 2.45) is 0 Å². The number of benzene rings is 2. The molecule has 0 bridgehead atoms. The van der Waals surface area contributed by atoms with Crippen molar-refractivity contribution in [3.8, 4) is 17.2 Å². The number of carbonyl (C=O) groups is 1. The number of allylic oxidation sites excluding steroid dienone is 1. The maximum atomic E-state index is 12.8. The van der Waals surface area contributed by atoms with E-state index in [1.165, 1.54) is 0 Å². The van der Waals surface area contributed by atoms with Crippen LogP contribution in [0, 0.1) is 0 Å². The molecule has 0 atom stereocenters. The Morgan fingerprint density at radius 1 is 1.14 bits per heavy atom. The lowest BCUT2D eigenvalue weighted by molar-refractivity contribution is -0.136. The van der Waals surface area contributed by atoms with Gasteiger partial charge >= 0.3 is 5.97 Å². The zero-order chi connectivity index (χ0) is 24.8. The first-order chi connectivity index (χ1) is 17.0. The third-order valence-corrected chi connectivity index (χ3v) is 6.17. The van der Waals surface area contributed by atoms with Crippen LogP contribution in [0.1, 0.15) is 18.4 Å².